The highest BCUT2D eigenvalue weighted by Crippen LogP contribution is 2.25. The minimum atomic E-state index is -0.247. The first-order chi connectivity index (χ1) is 6.77. The van der Waals surface area contributed by atoms with Crippen LogP contribution in [0, 0.1) is 0 Å². The van der Waals surface area contributed by atoms with Crippen molar-refractivity contribution in [1.29, 1.82) is 0 Å². The molecule has 0 saturated carbocycles. The standard InChI is InChI=1S/C12H17NO/c1-9(14)8-10-4-2-6-12-11(10)5-3-7-13-12/h2,4,6,9,13-14H,3,5,7-8H2,1H3. The maximum absolute atomic E-state index is 9.39. The van der Waals surface area contributed by atoms with Gasteiger partial charge in [0.05, 0.1) is 6.10 Å². The van der Waals surface area contributed by atoms with Gasteiger partial charge in [0, 0.05) is 12.2 Å². The molecule has 2 rings (SSSR count). The third-order valence-corrected chi connectivity index (χ3v) is 2.71. The minimum absolute atomic E-state index is 0.247. The summed E-state index contributed by atoms with van der Waals surface area (Å²) in [6.45, 7) is 2.92. The van der Waals surface area contributed by atoms with Crippen molar-refractivity contribution in [1.82, 2.24) is 0 Å². The fraction of sp³-hybridized carbons (Fsp3) is 0.500. The fourth-order valence-corrected chi connectivity index (χ4v) is 2.09. The van der Waals surface area contributed by atoms with Crippen molar-refractivity contribution in [2.24, 2.45) is 0 Å². The summed E-state index contributed by atoms with van der Waals surface area (Å²) >= 11 is 0. The zero-order valence-corrected chi connectivity index (χ0v) is 8.59. The van der Waals surface area contributed by atoms with Gasteiger partial charge in [-0.3, -0.25) is 0 Å². The molecule has 1 unspecified atom stereocenters. The molecule has 0 amide bonds. The van der Waals surface area contributed by atoms with Crippen molar-refractivity contribution in [2.75, 3.05) is 11.9 Å². The topological polar surface area (TPSA) is 32.3 Å². The number of hydrogen-bond acceptors (Lipinski definition) is 2. The number of hydrogen-bond donors (Lipinski definition) is 2. The lowest BCUT2D eigenvalue weighted by molar-refractivity contribution is 0.195. The van der Waals surface area contributed by atoms with Crippen LogP contribution < -0.4 is 5.32 Å². The molecule has 2 N–H and O–H groups in total. The van der Waals surface area contributed by atoms with Gasteiger partial charge in [0.2, 0.25) is 0 Å². The largest absolute Gasteiger partial charge is 0.393 e. The summed E-state index contributed by atoms with van der Waals surface area (Å²) in [7, 11) is 0. The van der Waals surface area contributed by atoms with Crippen LogP contribution in [-0.4, -0.2) is 17.8 Å². The number of fused-ring (bicyclic) bond motifs is 1. The van der Waals surface area contributed by atoms with Gasteiger partial charge in [0.1, 0.15) is 0 Å². The predicted octanol–water partition coefficient (Wildman–Crippen LogP) is 1.97. The SMILES string of the molecule is CC(O)Cc1cccc2c1CCCN2. The smallest absolute Gasteiger partial charge is 0.0552 e. The van der Waals surface area contributed by atoms with E-state index in [1.807, 2.05) is 6.92 Å². The monoisotopic (exact) mass is 191 g/mol. The Labute approximate surface area is 85.0 Å². The van der Waals surface area contributed by atoms with Crippen LogP contribution in [0.25, 0.3) is 0 Å². The number of aliphatic hydroxyl groups is 1. The number of aliphatic hydroxyl groups excluding tert-OH is 1. The third-order valence-electron chi connectivity index (χ3n) is 2.71. The summed E-state index contributed by atoms with van der Waals surface area (Å²) in [6, 6.07) is 6.31. The van der Waals surface area contributed by atoms with E-state index in [-0.39, 0.29) is 6.10 Å². The van der Waals surface area contributed by atoms with E-state index in [4.69, 9.17) is 0 Å². The van der Waals surface area contributed by atoms with Crippen molar-refractivity contribution in [3.05, 3.63) is 29.3 Å². The molecule has 1 aromatic carbocycles. The van der Waals surface area contributed by atoms with Crippen LogP contribution in [0.4, 0.5) is 5.69 Å². The molecule has 1 atom stereocenters. The first kappa shape index (κ1) is 9.53. The molecule has 0 radical (unpaired) electrons. The molecule has 0 spiro atoms. The molecule has 0 aliphatic carbocycles. The van der Waals surface area contributed by atoms with Gasteiger partial charge in [-0.15, -0.1) is 0 Å². The first-order valence-electron chi connectivity index (χ1n) is 5.30. The summed E-state index contributed by atoms with van der Waals surface area (Å²) in [5, 5.41) is 12.8. The Hall–Kier alpha value is -1.02. The Kier molecular flexibility index (Phi) is 2.73. The molecule has 1 aromatic rings. The summed E-state index contributed by atoms with van der Waals surface area (Å²) in [4.78, 5) is 0. The minimum Gasteiger partial charge on any atom is -0.393 e. The van der Waals surface area contributed by atoms with E-state index in [9.17, 15) is 5.11 Å². The van der Waals surface area contributed by atoms with Crippen molar-refractivity contribution >= 4 is 5.69 Å². The molecular formula is C12H17NO. The van der Waals surface area contributed by atoms with Gasteiger partial charge in [0.25, 0.3) is 0 Å². The highest BCUT2D eigenvalue weighted by molar-refractivity contribution is 5.56. The van der Waals surface area contributed by atoms with Gasteiger partial charge in [0.15, 0.2) is 0 Å². The highest BCUT2D eigenvalue weighted by Gasteiger charge is 2.12. The van der Waals surface area contributed by atoms with Gasteiger partial charge < -0.3 is 10.4 Å². The number of anilines is 1. The molecule has 14 heavy (non-hydrogen) atoms. The van der Waals surface area contributed by atoms with Crippen LogP contribution >= 0.6 is 0 Å². The molecule has 1 aliphatic rings. The van der Waals surface area contributed by atoms with Crippen LogP contribution in [0.3, 0.4) is 0 Å². The van der Waals surface area contributed by atoms with Crippen molar-refractivity contribution in [3.63, 3.8) is 0 Å². The van der Waals surface area contributed by atoms with E-state index >= 15 is 0 Å². The number of nitrogens with one attached hydrogen (secondary N) is 1. The molecule has 0 bridgehead atoms. The lowest BCUT2D eigenvalue weighted by atomic mass is 9.94. The lowest BCUT2D eigenvalue weighted by Gasteiger charge is -2.21. The Bertz CT molecular complexity index is 320. The zero-order valence-electron chi connectivity index (χ0n) is 8.59. The molecule has 0 fully saturated rings. The normalized spacial score (nSPS) is 17.0. The molecule has 2 nitrogen and oxygen atoms in total. The highest BCUT2D eigenvalue weighted by atomic mass is 16.3. The van der Waals surface area contributed by atoms with Crippen molar-refractivity contribution in [3.8, 4) is 0 Å². The Morgan fingerprint density at radius 1 is 1.50 bits per heavy atom. The molecule has 0 aromatic heterocycles. The van der Waals surface area contributed by atoms with Crippen molar-refractivity contribution < 1.29 is 5.11 Å². The maximum Gasteiger partial charge on any atom is 0.0552 e. The maximum atomic E-state index is 9.39. The van der Waals surface area contributed by atoms with Gasteiger partial charge in [-0.05, 0) is 43.4 Å². The van der Waals surface area contributed by atoms with E-state index in [1.165, 1.54) is 23.2 Å². The fourth-order valence-electron chi connectivity index (χ4n) is 2.09. The lowest BCUT2D eigenvalue weighted by Crippen LogP contribution is -2.15. The second-order valence-corrected chi connectivity index (χ2v) is 4.03. The summed E-state index contributed by atoms with van der Waals surface area (Å²) in [5.41, 5.74) is 3.96. The molecule has 0 saturated heterocycles. The quantitative estimate of drug-likeness (QED) is 0.749. The summed E-state index contributed by atoms with van der Waals surface area (Å²) < 4.78 is 0. The van der Waals surface area contributed by atoms with Crippen LogP contribution in [0.15, 0.2) is 18.2 Å². The second kappa shape index (κ2) is 4.01. The van der Waals surface area contributed by atoms with Crippen LogP contribution in [0.1, 0.15) is 24.5 Å². The predicted molar refractivity (Wildman–Crippen MR) is 58.6 cm³/mol. The van der Waals surface area contributed by atoms with E-state index in [0.717, 1.165) is 19.4 Å². The van der Waals surface area contributed by atoms with E-state index in [0.29, 0.717) is 0 Å². The second-order valence-electron chi connectivity index (χ2n) is 4.03. The van der Waals surface area contributed by atoms with Crippen LogP contribution in [0.2, 0.25) is 0 Å². The molecule has 1 aliphatic heterocycles. The average Bonchev–Trinajstić information content (AvgIpc) is 2.18. The average molecular weight is 191 g/mol. The molecular weight excluding hydrogens is 174 g/mol. The van der Waals surface area contributed by atoms with Crippen LogP contribution in [-0.2, 0) is 12.8 Å². The number of benzene rings is 1. The third kappa shape index (κ3) is 1.90. The Balaban J connectivity index is 2.30. The van der Waals surface area contributed by atoms with Crippen LogP contribution in [0.5, 0.6) is 0 Å². The number of rotatable bonds is 2. The van der Waals surface area contributed by atoms with Gasteiger partial charge in [-0.1, -0.05) is 12.1 Å². The van der Waals surface area contributed by atoms with E-state index < -0.39 is 0 Å². The van der Waals surface area contributed by atoms with Gasteiger partial charge in [-0.2, -0.15) is 0 Å². The van der Waals surface area contributed by atoms with Gasteiger partial charge >= 0.3 is 0 Å². The van der Waals surface area contributed by atoms with Gasteiger partial charge in [-0.25, -0.2) is 0 Å². The zero-order chi connectivity index (χ0) is 9.97. The Morgan fingerprint density at radius 2 is 2.36 bits per heavy atom. The summed E-state index contributed by atoms with van der Waals surface area (Å²) in [6.07, 6.45) is 2.86. The summed E-state index contributed by atoms with van der Waals surface area (Å²) in [5.74, 6) is 0. The first-order valence-corrected chi connectivity index (χ1v) is 5.30. The van der Waals surface area contributed by atoms with Crippen molar-refractivity contribution in [2.45, 2.75) is 32.3 Å². The van der Waals surface area contributed by atoms with E-state index in [1.54, 1.807) is 0 Å². The molecule has 76 valence electrons. The molecule has 1 heterocycles. The Morgan fingerprint density at radius 3 is 3.14 bits per heavy atom. The molecule has 2 heteroatoms. The van der Waals surface area contributed by atoms with E-state index in [2.05, 4.69) is 23.5 Å².